The van der Waals surface area contributed by atoms with Gasteiger partial charge in [-0.15, -0.1) is 16.4 Å². The number of halogens is 2. The number of pyridine rings is 2. The fraction of sp³-hybridized carbons (Fsp3) is 0.270. The molecule has 0 spiro atoms. The summed E-state index contributed by atoms with van der Waals surface area (Å²) in [6.07, 6.45) is 5.93. The number of thiophene rings is 1. The molecule has 10 nitrogen and oxygen atoms in total. The number of aromatic amines is 1. The van der Waals surface area contributed by atoms with Crippen molar-refractivity contribution in [2.24, 2.45) is 0 Å². The number of aromatic nitrogens is 4. The van der Waals surface area contributed by atoms with Gasteiger partial charge in [0.05, 0.1) is 46.4 Å². The summed E-state index contributed by atoms with van der Waals surface area (Å²) in [5.74, 6) is -0.632. The van der Waals surface area contributed by atoms with E-state index in [1.807, 2.05) is 17.0 Å². The van der Waals surface area contributed by atoms with Crippen molar-refractivity contribution < 1.29 is 22.7 Å². The van der Waals surface area contributed by atoms with Crippen LogP contribution in [0.15, 0.2) is 63.9 Å². The van der Waals surface area contributed by atoms with Crippen LogP contribution in [0.2, 0.25) is 0 Å². The van der Waals surface area contributed by atoms with Crippen molar-refractivity contribution in [1.29, 1.82) is 0 Å². The molecule has 2 atom stereocenters. The molecule has 2 aliphatic heterocycles. The normalized spacial score (nSPS) is 17.7. The average molecular weight is 693 g/mol. The van der Waals surface area contributed by atoms with Crippen molar-refractivity contribution in [3.63, 3.8) is 0 Å². The van der Waals surface area contributed by atoms with Crippen molar-refractivity contribution in [2.75, 3.05) is 19.0 Å². The zero-order valence-electron chi connectivity index (χ0n) is 26.9. The Bertz CT molecular complexity index is 2390. The van der Waals surface area contributed by atoms with Gasteiger partial charge in [-0.2, -0.15) is 0 Å². The lowest BCUT2D eigenvalue weighted by Crippen LogP contribution is -2.22. The molecule has 2 aromatic carbocycles. The third-order valence-corrected chi connectivity index (χ3v) is 11.2. The lowest BCUT2D eigenvalue weighted by molar-refractivity contribution is 0.0776. The van der Waals surface area contributed by atoms with Gasteiger partial charge in [0.25, 0.3) is 11.8 Å². The van der Waals surface area contributed by atoms with Crippen LogP contribution in [0.3, 0.4) is 0 Å². The zero-order valence-corrected chi connectivity index (χ0v) is 27.7. The number of hydrogen-bond donors (Lipinski definition) is 2. The van der Waals surface area contributed by atoms with Crippen LogP contribution in [-0.4, -0.2) is 44.6 Å². The van der Waals surface area contributed by atoms with Crippen molar-refractivity contribution in [2.45, 2.75) is 50.6 Å². The molecule has 0 unspecified atom stereocenters. The Labute approximate surface area is 288 Å². The van der Waals surface area contributed by atoms with Crippen LogP contribution >= 0.6 is 11.3 Å². The van der Waals surface area contributed by atoms with E-state index in [9.17, 15) is 18.4 Å². The quantitative estimate of drug-likeness (QED) is 0.172. The Morgan fingerprint density at radius 3 is 2.72 bits per heavy atom. The summed E-state index contributed by atoms with van der Waals surface area (Å²) in [4.78, 5) is 39.0. The van der Waals surface area contributed by atoms with E-state index >= 15 is 0 Å². The fourth-order valence-corrected chi connectivity index (χ4v) is 8.89. The number of carbonyl (C=O) groups excluding carboxylic acids is 1. The Balaban J connectivity index is 1.19. The number of hydrogen-bond acceptors (Lipinski definition) is 9. The second-order valence-corrected chi connectivity index (χ2v) is 13.9. The minimum Gasteiger partial charge on any atom is -0.494 e. The predicted molar refractivity (Wildman–Crippen MR) is 183 cm³/mol. The molecule has 1 amide bonds. The van der Waals surface area contributed by atoms with Crippen LogP contribution in [0.25, 0.3) is 32.0 Å². The van der Waals surface area contributed by atoms with E-state index in [0.717, 1.165) is 57.3 Å². The molecular formula is C37H30F2N6O4S. The Kier molecular flexibility index (Phi) is 7.27. The van der Waals surface area contributed by atoms with Crippen LogP contribution in [0.5, 0.6) is 5.75 Å². The number of carbonyl (C=O) groups is 1. The van der Waals surface area contributed by atoms with Gasteiger partial charge in [0.2, 0.25) is 0 Å². The van der Waals surface area contributed by atoms with Crippen LogP contribution in [0.4, 0.5) is 14.6 Å². The lowest BCUT2D eigenvalue weighted by Gasteiger charge is -2.16. The molecular weight excluding hydrogens is 663 g/mol. The summed E-state index contributed by atoms with van der Waals surface area (Å²) in [5, 5.41) is 11.1. The van der Waals surface area contributed by atoms with Crippen molar-refractivity contribution in [3.05, 3.63) is 111 Å². The molecule has 6 aromatic rings. The number of amides is 1. The zero-order chi connectivity index (χ0) is 34.1. The fourth-order valence-electron chi connectivity index (χ4n) is 7.73. The maximum absolute atomic E-state index is 14.8. The van der Waals surface area contributed by atoms with Crippen molar-refractivity contribution in [3.8, 4) is 27.6 Å². The molecule has 1 fully saturated rings. The minimum atomic E-state index is -0.721. The van der Waals surface area contributed by atoms with Gasteiger partial charge < -0.3 is 19.4 Å². The highest BCUT2D eigenvalue weighted by Crippen LogP contribution is 2.50. The Hall–Kier alpha value is -5.43. The second-order valence-electron chi connectivity index (χ2n) is 12.9. The summed E-state index contributed by atoms with van der Waals surface area (Å²) in [6, 6.07) is 13.3. The summed E-state index contributed by atoms with van der Waals surface area (Å²) < 4.78 is 40.1. The number of rotatable bonds is 8. The van der Waals surface area contributed by atoms with Gasteiger partial charge in [-0.25, -0.2) is 23.7 Å². The van der Waals surface area contributed by atoms with Crippen LogP contribution in [0.1, 0.15) is 69.8 Å². The topological polar surface area (TPSA) is 126 Å². The van der Waals surface area contributed by atoms with Gasteiger partial charge in [0.1, 0.15) is 11.6 Å². The molecule has 2 N–H and O–H groups in total. The number of anilines is 1. The molecule has 50 heavy (non-hydrogen) atoms. The molecule has 1 aliphatic carbocycles. The van der Waals surface area contributed by atoms with E-state index in [0.29, 0.717) is 53.3 Å². The first-order valence-electron chi connectivity index (χ1n) is 16.6. The van der Waals surface area contributed by atoms with Crippen molar-refractivity contribution in [1.82, 2.24) is 25.1 Å². The minimum absolute atomic E-state index is 0.0446. The van der Waals surface area contributed by atoms with E-state index in [-0.39, 0.29) is 35.4 Å². The summed E-state index contributed by atoms with van der Waals surface area (Å²) in [5.41, 5.74) is 5.75. The summed E-state index contributed by atoms with van der Waals surface area (Å²) in [6.45, 7) is 0.636. The molecule has 0 radical (unpaired) electrons. The van der Waals surface area contributed by atoms with E-state index < -0.39 is 11.6 Å². The third kappa shape index (κ3) is 4.98. The first-order chi connectivity index (χ1) is 24.4. The van der Waals surface area contributed by atoms with Gasteiger partial charge in [0.15, 0.2) is 11.6 Å². The van der Waals surface area contributed by atoms with Crippen LogP contribution in [-0.2, 0) is 19.3 Å². The standard InChI is InChI=1S/C37H30F2N6O4S/c1-48-27-15-19-7-11-24(22(19)17-23(27)39)42-34-33-20(12-13-40-34)16-28(50-33)30-29(35-43-44-37(47)49-35)25(10-6-18-4-8-21(38)9-5-18)41-32-26-3-2-14-45(26)36(46)31(30)32/h4-5,8-9,12-13,15-17,24,26H,2-3,6-7,10-11,14H2,1H3,(H,40,42)(H,44,47)/t24-,26-/m1/s1. The Morgan fingerprint density at radius 1 is 1.06 bits per heavy atom. The number of nitrogens with one attached hydrogen (secondary N) is 2. The number of H-pyrrole nitrogens is 1. The van der Waals surface area contributed by atoms with Gasteiger partial charge >= 0.3 is 5.76 Å². The second kappa shape index (κ2) is 11.9. The monoisotopic (exact) mass is 692 g/mol. The first kappa shape index (κ1) is 30.6. The smallest absolute Gasteiger partial charge is 0.434 e. The number of benzene rings is 2. The molecule has 1 saturated heterocycles. The molecule has 6 heterocycles. The molecule has 3 aliphatic rings. The number of methoxy groups -OCH3 is 1. The largest absolute Gasteiger partial charge is 0.494 e. The van der Waals surface area contributed by atoms with E-state index in [1.54, 1.807) is 24.4 Å². The lowest BCUT2D eigenvalue weighted by atomic mass is 9.93. The van der Waals surface area contributed by atoms with Crippen LogP contribution < -0.4 is 15.8 Å². The predicted octanol–water partition coefficient (Wildman–Crippen LogP) is 7.16. The van der Waals surface area contributed by atoms with Gasteiger partial charge in [-0.3, -0.25) is 9.78 Å². The van der Waals surface area contributed by atoms with Crippen molar-refractivity contribution >= 4 is 33.1 Å². The third-order valence-electron chi connectivity index (χ3n) is 10.0. The average Bonchev–Trinajstić information content (AvgIpc) is 3.96. The van der Waals surface area contributed by atoms with Crippen LogP contribution in [0, 0.1) is 11.6 Å². The number of nitrogens with zero attached hydrogens (tertiary/aromatic N) is 4. The molecule has 252 valence electrons. The Morgan fingerprint density at radius 2 is 1.92 bits per heavy atom. The molecule has 0 bridgehead atoms. The number of fused-ring (bicyclic) bond motifs is 5. The first-order valence-corrected chi connectivity index (χ1v) is 17.4. The van der Waals surface area contributed by atoms with Gasteiger partial charge in [-0.05, 0) is 97.0 Å². The van der Waals surface area contributed by atoms with E-state index in [1.165, 1.54) is 36.6 Å². The highest BCUT2D eigenvalue weighted by Gasteiger charge is 2.45. The highest BCUT2D eigenvalue weighted by atomic mass is 32.1. The number of ether oxygens (including phenoxy) is 1. The summed E-state index contributed by atoms with van der Waals surface area (Å²) in [7, 11) is 1.46. The molecule has 9 rings (SSSR count). The van der Waals surface area contributed by atoms with E-state index in [2.05, 4.69) is 15.5 Å². The SMILES string of the molecule is COc1cc2c(cc1F)[C@H](Nc1nccc3cc(-c4c5c(nc(CCc6ccc(F)cc6)c4-c4n[nH]c(=O)o4)[C@H]4CCCN4C5=O)sc13)CC2. The number of aryl methyl sites for hydroxylation is 3. The summed E-state index contributed by atoms with van der Waals surface area (Å²) >= 11 is 1.47. The van der Waals surface area contributed by atoms with Gasteiger partial charge in [0, 0.05) is 23.2 Å². The highest BCUT2D eigenvalue weighted by molar-refractivity contribution is 7.23. The molecule has 4 aromatic heterocycles. The maximum Gasteiger partial charge on any atom is 0.434 e. The molecule has 13 heteroatoms. The maximum atomic E-state index is 14.8. The molecule has 0 saturated carbocycles. The van der Waals surface area contributed by atoms with E-state index in [4.69, 9.17) is 19.1 Å². The van der Waals surface area contributed by atoms with Gasteiger partial charge in [-0.1, -0.05) is 12.1 Å².